The van der Waals surface area contributed by atoms with Crippen LogP contribution in [0.3, 0.4) is 0 Å². The van der Waals surface area contributed by atoms with Crippen LogP contribution in [0.5, 0.6) is 0 Å². The molecule has 0 radical (unpaired) electrons. The molecule has 0 spiro atoms. The lowest BCUT2D eigenvalue weighted by atomic mass is 10.1. The minimum Gasteiger partial charge on any atom is -0.472 e. The molecule has 2 heterocycles. The molecule has 2 rings (SSSR count). The highest BCUT2D eigenvalue weighted by Gasteiger charge is 2.28. The van der Waals surface area contributed by atoms with Crippen LogP contribution in [0.25, 0.3) is 0 Å². The molecule has 2 unspecified atom stereocenters. The highest BCUT2D eigenvalue weighted by Crippen LogP contribution is 2.24. The van der Waals surface area contributed by atoms with Crippen LogP contribution in [0.1, 0.15) is 18.5 Å². The van der Waals surface area contributed by atoms with Crippen LogP contribution in [0.2, 0.25) is 0 Å². The van der Waals surface area contributed by atoms with Crippen molar-refractivity contribution in [1.82, 2.24) is 9.80 Å². The summed E-state index contributed by atoms with van der Waals surface area (Å²) < 4.78 is 5.15. The van der Waals surface area contributed by atoms with Gasteiger partial charge in [-0.2, -0.15) is 0 Å². The summed E-state index contributed by atoms with van der Waals surface area (Å²) in [5.41, 5.74) is 7.09. The molecule has 1 aromatic heterocycles. The van der Waals surface area contributed by atoms with Gasteiger partial charge >= 0.3 is 0 Å². The molecule has 90 valence electrons. The van der Waals surface area contributed by atoms with Gasteiger partial charge in [0.25, 0.3) is 0 Å². The smallest absolute Gasteiger partial charge is 0.0950 e. The number of piperazine rings is 1. The summed E-state index contributed by atoms with van der Waals surface area (Å²) in [6.45, 7) is 6.17. The lowest BCUT2D eigenvalue weighted by molar-refractivity contribution is 0.0619. The Morgan fingerprint density at radius 3 is 3.00 bits per heavy atom. The number of hydrogen-bond acceptors (Lipinski definition) is 4. The first-order valence-electron chi connectivity index (χ1n) is 5.89. The second-order valence-electron chi connectivity index (χ2n) is 4.62. The summed E-state index contributed by atoms with van der Waals surface area (Å²) >= 11 is 0. The molecule has 1 fully saturated rings. The predicted octanol–water partition coefficient (Wildman–Crippen LogP) is 0.915. The molecular weight excluding hydrogens is 202 g/mol. The molecule has 0 amide bonds. The Morgan fingerprint density at radius 2 is 2.38 bits per heavy atom. The molecule has 1 aliphatic heterocycles. The third kappa shape index (κ3) is 2.29. The average molecular weight is 223 g/mol. The zero-order valence-electron chi connectivity index (χ0n) is 10.1. The van der Waals surface area contributed by atoms with Crippen LogP contribution in [0.15, 0.2) is 23.0 Å². The topological polar surface area (TPSA) is 45.6 Å². The number of rotatable bonds is 3. The van der Waals surface area contributed by atoms with E-state index >= 15 is 0 Å². The van der Waals surface area contributed by atoms with Crippen LogP contribution in [0.4, 0.5) is 0 Å². The molecule has 2 N–H and O–H groups in total. The monoisotopic (exact) mass is 223 g/mol. The van der Waals surface area contributed by atoms with Crippen LogP contribution in [-0.2, 0) is 0 Å². The molecule has 1 saturated heterocycles. The van der Waals surface area contributed by atoms with Gasteiger partial charge in [0.2, 0.25) is 0 Å². The zero-order valence-corrected chi connectivity index (χ0v) is 10.1. The normalized spacial score (nSPS) is 25.8. The third-order valence-corrected chi connectivity index (χ3v) is 3.53. The first kappa shape index (κ1) is 11.6. The molecule has 4 heteroatoms. The van der Waals surface area contributed by atoms with Crippen molar-refractivity contribution in [3.8, 4) is 0 Å². The van der Waals surface area contributed by atoms with Crippen molar-refractivity contribution < 1.29 is 4.42 Å². The van der Waals surface area contributed by atoms with E-state index in [9.17, 15) is 0 Å². The van der Waals surface area contributed by atoms with Crippen molar-refractivity contribution in [3.05, 3.63) is 24.2 Å². The number of hydrogen-bond donors (Lipinski definition) is 1. The minimum absolute atomic E-state index is 0.390. The molecule has 1 aliphatic rings. The number of likely N-dealkylation sites (N-methyl/N-ethyl adjacent to an activating group) is 1. The van der Waals surface area contributed by atoms with Gasteiger partial charge in [-0.25, -0.2) is 0 Å². The predicted molar refractivity (Wildman–Crippen MR) is 64.2 cm³/mol. The Balaban J connectivity index is 2.07. The maximum absolute atomic E-state index is 5.86. The van der Waals surface area contributed by atoms with Crippen molar-refractivity contribution >= 4 is 0 Å². The van der Waals surface area contributed by atoms with E-state index in [1.165, 1.54) is 5.56 Å². The largest absolute Gasteiger partial charge is 0.472 e. The molecule has 4 nitrogen and oxygen atoms in total. The summed E-state index contributed by atoms with van der Waals surface area (Å²) in [7, 11) is 2.16. The van der Waals surface area contributed by atoms with E-state index in [-0.39, 0.29) is 0 Å². The summed E-state index contributed by atoms with van der Waals surface area (Å²) in [6.07, 6.45) is 3.57. The van der Waals surface area contributed by atoms with Gasteiger partial charge in [0.15, 0.2) is 0 Å². The average Bonchev–Trinajstić information content (AvgIpc) is 2.81. The molecule has 1 aromatic rings. The maximum Gasteiger partial charge on any atom is 0.0950 e. The highest BCUT2D eigenvalue weighted by atomic mass is 16.3. The molecule has 2 atom stereocenters. The molecule has 0 saturated carbocycles. The first-order valence-corrected chi connectivity index (χ1v) is 5.89. The van der Waals surface area contributed by atoms with Crippen LogP contribution in [0, 0.1) is 0 Å². The summed E-state index contributed by atoms with van der Waals surface area (Å²) in [5.74, 6) is 0. The second-order valence-corrected chi connectivity index (χ2v) is 4.62. The fraction of sp³-hybridized carbons (Fsp3) is 0.667. The lowest BCUT2D eigenvalue weighted by Gasteiger charge is -2.42. The lowest BCUT2D eigenvalue weighted by Crippen LogP contribution is -2.55. The minimum atomic E-state index is 0.390. The standard InChI is InChI=1S/C12H21N3O/c1-10(11-3-6-16-9-11)15-5-4-14(2)8-12(15)7-13/h3,6,9-10,12H,4-5,7-8,13H2,1-2H3. The van der Waals surface area contributed by atoms with Gasteiger partial charge in [0, 0.05) is 43.8 Å². The van der Waals surface area contributed by atoms with Crippen molar-refractivity contribution in [1.29, 1.82) is 0 Å². The fourth-order valence-electron chi connectivity index (χ4n) is 2.45. The molecule has 0 aromatic carbocycles. The van der Waals surface area contributed by atoms with E-state index in [2.05, 4.69) is 23.8 Å². The van der Waals surface area contributed by atoms with E-state index in [4.69, 9.17) is 10.2 Å². The highest BCUT2D eigenvalue weighted by molar-refractivity contribution is 5.11. The van der Waals surface area contributed by atoms with Crippen molar-refractivity contribution in [2.24, 2.45) is 5.73 Å². The van der Waals surface area contributed by atoms with E-state index < -0.39 is 0 Å². The Bertz CT molecular complexity index is 312. The van der Waals surface area contributed by atoms with Gasteiger partial charge in [-0.15, -0.1) is 0 Å². The van der Waals surface area contributed by atoms with Gasteiger partial charge < -0.3 is 15.1 Å². The number of furan rings is 1. The van der Waals surface area contributed by atoms with Gasteiger partial charge in [0.1, 0.15) is 0 Å². The van der Waals surface area contributed by atoms with Crippen LogP contribution in [-0.4, -0.2) is 49.1 Å². The van der Waals surface area contributed by atoms with Crippen LogP contribution >= 0.6 is 0 Å². The van der Waals surface area contributed by atoms with Crippen molar-refractivity contribution in [2.75, 3.05) is 33.2 Å². The Hall–Kier alpha value is -0.840. The quantitative estimate of drug-likeness (QED) is 0.827. The Morgan fingerprint density at radius 1 is 1.56 bits per heavy atom. The Kier molecular flexibility index (Phi) is 3.63. The molecule has 0 aliphatic carbocycles. The number of nitrogens with zero attached hydrogens (tertiary/aromatic N) is 2. The number of nitrogens with two attached hydrogens (primary N) is 1. The van der Waals surface area contributed by atoms with Gasteiger partial charge in [-0.05, 0) is 20.0 Å². The van der Waals surface area contributed by atoms with Gasteiger partial charge in [-0.3, -0.25) is 4.90 Å². The van der Waals surface area contributed by atoms with Crippen molar-refractivity contribution in [2.45, 2.75) is 19.0 Å². The Labute approximate surface area is 97.0 Å². The van der Waals surface area contributed by atoms with E-state index in [1.807, 2.05) is 12.3 Å². The second kappa shape index (κ2) is 4.99. The van der Waals surface area contributed by atoms with Gasteiger partial charge in [-0.1, -0.05) is 0 Å². The summed E-state index contributed by atoms with van der Waals surface area (Å²) in [4.78, 5) is 4.82. The first-order chi connectivity index (χ1) is 7.72. The van der Waals surface area contributed by atoms with E-state index in [0.717, 1.165) is 19.6 Å². The SMILES string of the molecule is CC(c1ccoc1)N1CCN(C)CC1CN. The van der Waals surface area contributed by atoms with Gasteiger partial charge in [0.05, 0.1) is 12.5 Å². The third-order valence-electron chi connectivity index (χ3n) is 3.53. The summed E-state index contributed by atoms with van der Waals surface area (Å²) in [5, 5.41) is 0. The summed E-state index contributed by atoms with van der Waals surface area (Å²) in [6, 6.07) is 2.88. The van der Waals surface area contributed by atoms with E-state index in [1.54, 1.807) is 6.26 Å². The molecule has 16 heavy (non-hydrogen) atoms. The van der Waals surface area contributed by atoms with Crippen LogP contribution < -0.4 is 5.73 Å². The molecule has 0 bridgehead atoms. The van der Waals surface area contributed by atoms with Crippen molar-refractivity contribution in [3.63, 3.8) is 0 Å². The molecular formula is C12H21N3O. The fourth-order valence-corrected chi connectivity index (χ4v) is 2.45. The van der Waals surface area contributed by atoms with E-state index in [0.29, 0.717) is 18.6 Å². The zero-order chi connectivity index (χ0) is 11.5. The maximum atomic E-state index is 5.86.